The molecule has 0 N–H and O–H groups in total. The smallest absolute Gasteiger partial charge is 0.0614 e. The molecule has 0 nitrogen and oxygen atoms in total. The highest BCUT2D eigenvalue weighted by Crippen LogP contribution is 2.82. The summed E-state index contributed by atoms with van der Waals surface area (Å²) in [7, 11) is -1.73. The zero-order valence-electron chi connectivity index (χ0n) is 25.1. The SMILES string of the molecule is CC(C)c1cc(C(C)C)c(-c2ccccc2[P+](C(C)(C)C)(C(C)(C)C)C(C)(C)C)c(C(C)C)c1. The zero-order chi connectivity index (χ0) is 26.4. The molecule has 0 unspecified atom stereocenters. The molecule has 0 aliphatic rings. The van der Waals surface area contributed by atoms with E-state index in [1.165, 1.54) is 27.8 Å². The summed E-state index contributed by atoms with van der Waals surface area (Å²) in [6, 6.07) is 14.5. The van der Waals surface area contributed by atoms with Gasteiger partial charge >= 0.3 is 0 Å². The lowest BCUT2D eigenvalue weighted by atomic mass is 9.82. The summed E-state index contributed by atoms with van der Waals surface area (Å²) in [5, 5.41) is 2.14. The number of benzene rings is 2. The Morgan fingerprint density at radius 2 is 0.941 bits per heavy atom. The van der Waals surface area contributed by atoms with Crippen molar-refractivity contribution in [3.05, 3.63) is 53.1 Å². The first-order chi connectivity index (χ1) is 15.3. The van der Waals surface area contributed by atoms with Gasteiger partial charge in [-0.05, 0) is 108 Å². The summed E-state index contributed by atoms with van der Waals surface area (Å²) in [4.78, 5) is 0. The number of hydrogen-bond donors (Lipinski definition) is 0. The van der Waals surface area contributed by atoms with E-state index in [1.54, 1.807) is 5.30 Å². The van der Waals surface area contributed by atoms with Gasteiger partial charge in [0.1, 0.15) is 5.30 Å². The molecule has 0 atom stereocenters. The van der Waals surface area contributed by atoms with Crippen molar-refractivity contribution in [2.75, 3.05) is 0 Å². The maximum atomic E-state index is 2.51. The Morgan fingerprint density at radius 3 is 1.26 bits per heavy atom. The lowest BCUT2D eigenvalue weighted by Gasteiger charge is -2.54. The van der Waals surface area contributed by atoms with Crippen LogP contribution in [-0.2, 0) is 0 Å². The maximum absolute atomic E-state index is 2.51. The minimum atomic E-state index is -1.73. The third kappa shape index (κ3) is 4.91. The first kappa shape index (κ1) is 29.1. The van der Waals surface area contributed by atoms with E-state index >= 15 is 0 Å². The summed E-state index contributed by atoms with van der Waals surface area (Å²) in [6.07, 6.45) is 0. The Hall–Kier alpha value is -1.13. The Bertz CT molecular complexity index is 919. The van der Waals surface area contributed by atoms with Crippen LogP contribution in [0, 0.1) is 0 Å². The van der Waals surface area contributed by atoms with Crippen LogP contribution in [0.25, 0.3) is 11.1 Å². The lowest BCUT2D eigenvalue weighted by molar-refractivity contribution is 0.629. The van der Waals surface area contributed by atoms with Crippen LogP contribution in [0.3, 0.4) is 0 Å². The van der Waals surface area contributed by atoms with Gasteiger partial charge in [0.05, 0.1) is 22.7 Å². The maximum Gasteiger partial charge on any atom is 0.103 e. The third-order valence-corrected chi connectivity index (χ3v) is 14.8. The van der Waals surface area contributed by atoms with Gasteiger partial charge in [0.15, 0.2) is 0 Å². The molecule has 2 aromatic carbocycles. The fraction of sp³-hybridized carbons (Fsp3) is 0.636. The first-order valence-electron chi connectivity index (χ1n) is 13.5. The molecule has 0 bridgehead atoms. The molecule has 2 aromatic rings. The van der Waals surface area contributed by atoms with Crippen molar-refractivity contribution in [3.8, 4) is 11.1 Å². The molecule has 0 fully saturated rings. The number of rotatable bonds is 5. The molecular formula is C33H54P+. The molecule has 0 aromatic heterocycles. The van der Waals surface area contributed by atoms with Gasteiger partial charge in [0.2, 0.25) is 0 Å². The average Bonchev–Trinajstić information content (AvgIpc) is 2.64. The second kappa shape index (κ2) is 9.73. The van der Waals surface area contributed by atoms with Gasteiger partial charge in [-0.15, -0.1) is 0 Å². The molecule has 34 heavy (non-hydrogen) atoms. The van der Waals surface area contributed by atoms with Crippen LogP contribution in [-0.4, -0.2) is 15.5 Å². The van der Waals surface area contributed by atoms with Crippen molar-refractivity contribution in [2.45, 2.75) is 137 Å². The fourth-order valence-electron chi connectivity index (χ4n) is 7.35. The van der Waals surface area contributed by atoms with Crippen molar-refractivity contribution in [2.24, 2.45) is 0 Å². The van der Waals surface area contributed by atoms with E-state index in [0.717, 1.165) is 0 Å². The third-order valence-electron chi connectivity index (χ3n) is 7.69. The summed E-state index contributed by atoms with van der Waals surface area (Å²) in [5.74, 6) is 1.49. The lowest BCUT2D eigenvalue weighted by Crippen LogP contribution is -2.49. The van der Waals surface area contributed by atoms with Crippen LogP contribution in [0.4, 0.5) is 0 Å². The molecule has 0 aliphatic carbocycles. The van der Waals surface area contributed by atoms with Crippen LogP contribution >= 0.6 is 7.26 Å². The number of hydrogen-bond acceptors (Lipinski definition) is 0. The van der Waals surface area contributed by atoms with Crippen molar-refractivity contribution in [1.82, 2.24) is 0 Å². The van der Waals surface area contributed by atoms with Crippen LogP contribution in [0.15, 0.2) is 36.4 Å². The van der Waals surface area contributed by atoms with Gasteiger partial charge in [-0.25, -0.2) is 0 Å². The van der Waals surface area contributed by atoms with E-state index in [2.05, 4.69) is 140 Å². The summed E-state index contributed by atoms with van der Waals surface area (Å²) < 4.78 is 0. The van der Waals surface area contributed by atoms with Crippen LogP contribution < -0.4 is 5.30 Å². The van der Waals surface area contributed by atoms with Crippen molar-refractivity contribution in [1.29, 1.82) is 0 Å². The van der Waals surface area contributed by atoms with E-state index in [1.807, 2.05) is 0 Å². The van der Waals surface area contributed by atoms with E-state index in [0.29, 0.717) is 17.8 Å². The van der Waals surface area contributed by atoms with E-state index in [4.69, 9.17) is 0 Å². The molecule has 0 aliphatic heterocycles. The Labute approximate surface area is 213 Å². The molecule has 0 spiro atoms. The molecule has 0 saturated heterocycles. The highest BCUT2D eigenvalue weighted by Gasteiger charge is 2.66. The Kier molecular flexibility index (Phi) is 8.33. The molecule has 0 radical (unpaired) electrons. The minimum absolute atomic E-state index is 0.174. The molecule has 190 valence electrons. The summed E-state index contributed by atoms with van der Waals surface area (Å²) >= 11 is 0. The topological polar surface area (TPSA) is 0 Å². The van der Waals surface area contributed by atoms with E-state index < -0.39 is 7.26 Å². The second-order valence-corrected chi connectivity index (χ2v) is 20.1. The van der Waals surface area contributed by atoms with Crippen molar-refractivity contribution < 1.29 is 0 Å². The van der Waals surface area contributed by atoms with Crippen LogP contribution in [0.2, 0.25) is 0 Å². The Balaban J connectivity index is 3.20. The van der Waals surface area contributed by atoms with Crippen molar-refractivity contribution >= 4 is 12.6 Å². The van der Waals surface area contributed by atoms with Crippen LogP contribution in [0.1, 0.15) is 138 Å². The van der Waals surface area contributed by atoms with Gasteiger partial charge in [-0.2, -0.15) is 0 Å². The Morgan fingerprint density at radius 1 is 0.559 bits per heavy atom. The van der Waals surface area contributed by atoms with Gasteiger partial charge in [-0.3, -0.25) is 0 Å². The summed E-state index contributed by atoms with van der Waals surface area (Å²) in [6.45, 7) is 36.7. The standard InChI is InChI=1S/C33H54P/c1-22(2)25-20-27(23(3)4)30(28(21-25)24(5)6)26-18-16-17-19-29(26)34(31(7,8)9,32(10,11)12)33(13,14)15/h16-24H,1-15H3/q+1. The van der Waals surface area contributed by atoms with E-state index in [9.17, 15) is 0 Å². The quantitative estimate of drug-likeness (QED) is 0.372. The molecule has 1 heteroatoms. The minimum Gasteiger partial charge on any atom is -0.0614 e. The molecular weight excluding hydrogens is 427 g/mol. The largest absolute Gasteiger partial charge is 0.103 e. The van der Waals surface area contributed by atoms with Gasteiger partial charge in [0.25, 0.3) is 0 Å². The summed E-state index contributed by atoms with van der Waals surface area (Å²) in [5.41, 5.74) is 7.48. The first-order valence-corrected chi connectivity index (χ1v) is 15.2. The van der Waals surface area contributed by atoms with Gasteiger partial charge in [-0.1, -0.05) is 71.9 Å². The predicted octanol–water partition coefficient (Wildman–Crippen LogP) is 10.8. The second-order valence-electron chi connectivity index (χ2n) is 14.2. The predicted molar refractivity (Wildman–Crippen MR) is 160 cm³/mol. The van der Waals surface area contributed by atoms with Gasteiger partial charge in [0, 0.05) is 5.56 Å². The molecule has 2 rings (SSSR count). The van der Waals surface area contributed by atoms with Crippen LogP contribution in [0.5, 0.6) is 0 Å². The van der Waals surface area contributed by atoms with Crippen molar-refractivity contribution in [3.63, 3.8) is 0 Å². The molecule has 0 amide bonds. The highest BCUT2D eigenvalue weighted by atomic mass is 31.2. The molecule has 0 saturated carbocycles. The highest BCUT2D eigenvalue weighted by molar-refractivity contribution is 7.87. The molecule has 0 heterocycles. The average molecular weight is 482 g/mol. The fourth-order valence-corrected chi connectivity index (χ4v) is 16.4. The monoisotopic (exact) mass is 481 g/mol. The van der Waals surface area contributed by atoms with E-state index in [-0.39, 0.29) is 15.5 Å². The normalized spacial score (nSPS) is 13.9. The zero-order valence-corrected chi connectivity index (χ0v) is 26.0. The van der Waals surface area contributed by atoms with Gasteiger partial charge < -0.3 is 0 Å².